The van der Waals surface area contributed by atoms with E-state index < -0.39 is 11.9 Å². The molecule has 3 heterocycles. The van der Waals surface area contributed by atoms with Gasteiger partial charge >= 0.3 is 0 Å². The van der Waals surface area contributed by atoms with Crippen molar-refractivity contribution in [1.29, 1.82) is 0 Å². The number of nitrogens with one attached hydrogen (secondary N) is 2. The number of amides is 2. The van der Waals surface area contributed by atoms with Crippen LogP contribution in [-0.2, 0) is 9.59 Å². The topological polar surface area (TPSA) is 117 Å². The van der Waals surface area contributed by atoms with Crippen molar-refractivity contribution >= 4 is 24.0 Å². The zero-order valence-electron chi connectivity index (χ0n) is 19.4. The number of carbonyl (C=O) groups excluding carboxylic acids is 2. The van der Waals surface area contributed by atoms with E-state index in [4.69, 9.17) is 5.73 Å². The predicted octanol–water partition coefficient (Wildman–Crippen LogP) is 1.06. The number of hydrogen-bond donors (Lipinski definition) is 3. The van der Waals surface area contributed by atoms with Gasteiger partial charge in [0.2, 0.25) is 11.8 Å². The van der Waals surface area contributed by atoms with Gasteiger partial charge in [0.15, 0.2) is 0 Å². The summed E-state index contributed by atoms with van der Waals surface area (Å²) in [5, 5.41) is 12.5. The minimum absolute atomic E-state index is 0.0702. The van der Waals surface area contributed by atoms with Crippen LogP contribution in [0.15, 0.2) is 48.1 Å². The molecule has 2 amide bonds. The Labute approximate surface area is 202 Å². The van der Waals surface area contributed by atoms with Gasteiger partial charge in [-0.3, -0.25) is 24.6 Å². The molecule has 0 bridgehead atoms. The molecule has 3 atom stereocenters. The number of primary amides is 1. The molecule has 2 aromatic heterocycles. The summed E-state index contributed by atoms with van der Waals surface area (Å²) in [4.78, 5) is 31.5. The Morgan fingerprint density at radius 1 is 1.20 bits per heavy atom. The fourth-order valence-corrected chi connectivity index (χ4v) is 5.22. The number of H-pyrrole nitrogens is 1. The monoisotopic (exact) mass is 476 g/mol. The molecule has 4 N–H and O–H groups in total. The number of aromatic amines is 1. The molecule has 182 valence electrons. The molecule has 8 nitrogen and oxygen atoms in total. The summed E-state index contributed by atoms with van der Waals surface area (Å²) in [6.07, 6.45) is 14.1. The molecular formula is C26H29FN6O2. The summed E-state index contributed by atoms with van der Waals surface area (Å²) in [6, 6.07) is 2.81. The third-order valence-electron chi connectivity index (χ3n) is 6.93. The van der Waals surface area contributed by atoms with Gasteiger partial charge in [0.1, 0.15) is 11.9 Å². The lowest BCUT2D eigenvalue weighted by Gasteiger charge is -2.38. The first-order chi connectivity index (χ1) is 17.0. The van der Waals surface area contributed by atoms with E-state index >= 15 is 0 Å². The van der Waals surface area contributed by atoms with Gasteiger partial charge in [0, 0.05) is 41.3 Å². The standard InChI is InChI=1S/C26H29FN6O2/c27-21-6-2-1-5-19(21)24(25(28)34)33-13-3-4-18(15-33)30-26(35)17-7-8-22-20(14-17)23(32-31-22)16-9-11-29-12-10-16/h5-6,8-12,14,17-18,24,31H,1-4,7,13,15H2,(H2,28,34)(H,30,35). The zero-order chi connectivity index (χ0) is 24.4. The average Bonchev–Trinajstić information content (AvgIpc) is 3.29. The second-order valence-corrected chi connectivity index (χ2v) is 9.28. The SMILES string of the molecule is NC(=O)C(C1=CCCC=C1F)N1CCCC(NC(=O)C2C=c3c(-c4ccncc4)n[nH]c3=CC2)C1. The first-order valence-corrected chi connectivity index (χ1v) is 12.1. The number of likely N-dealkylation sites (tertiary alicyclic amines) is 1. The molecule has 3 aliphatic rings. The van der Waals surface area contributed by atoms with Crippen LogP contribution < -0.4 is 21.6 Å². The van der Waals surface area contributed by atoms with Crippen molar-refractivity contribution in [2.75, 3.05) is 13.1 Å². The molecule has 5 rings (SSSR count). The second-order valence-electron chi connectivity index (χ2n) is 9.28. The molecule has 0 aromatic carbocycles. The number of nitrogens with two attached hydrogens (primary N) is 1. The largest absolute Gasteiger partial charge is 0.368 e. The molecule has 0 spiro atoms. The number of fused-ring (bicyclic) bond motifs is 1. The second kappa shape index (κ2) is 9.95. The van der Waals surface area contributed by atoms with E-state index in [9.17, 15) is 14.0 Å². The molecule has 1 aliphatic heterocycles. The van der Waals surface area contributed by atoms with Crippen molar-refractivity contribution in [3.63, 3.8) is 0 Å². The Morgan fingerprint density at radius 3 is 2.77 bits per heavy atom. The molecule has 35 heavy (non-hydrogen) atoms. The molecule has 9 heteroatoms. The quantitative estimate of drug-likeness (QED) is 0.577. The lowest BCUT2D eigenvalue weighted by atomic mass is 9.93. The van der Waals surface area contributed by atoms with Crippen molar-refractivity contribution in [2.24, 2.45) is 11.7 Å². The van der Waals surface area contributed by atoms with E-state index in [1.807, 2.05) is 29.2 Å². The van der Waals surface area contributed by atoms with Crippen molar-refractivity contribution in [3.05, 3.63) is 58.6 Å². The lowest BCUT2D eigenvalue weighted by Crippen LogP contribution is -2.55. The summed E-state index contributed by atoms with van der Waals surface area (Å²) in [6.45, 7) is 1.07. The lowest BCUT2D eigenvalue weighted by molar-refractivity contribution is -0.124. The number of aromatic nitrogens is 3. The summed E-state index contributed by atoms with van der Waals surface area (Å²) in [5.74, 6) is -1.34. The van der Waals surface area contributed by atoms with E-state index in [1.165, 1.54) is 6.08 Å². The molecule has 2 aromatic rings. The number of pyridine rings is 1. The highest BCUT2D eigenvalue weighted by Gasteiger charge is 2.35. The Bertz CT molecular complexity index is 1300. The molecule has 2 aliphatic carbocycles. The molecule has 1 saturated heterocycles. The Balaban J connectivity index is 1.30. The van der Waals surface area contributed by atoms with Crippen LogP contribution in [0.25, 0.3) is 23.4 Å². The number of nitrogens with zero attached hydrogens (tertiary/aromatic N) is 3. The number of allylic oxidation sites excluding steroid dienone is 2. The van der Waals surface area contributed by atoms with E-state index in [2.05, 4.69) is 20.5 Å². The summed E-state index contributed by atoms with van der Waals surface area (Å²) in [7, 11) is 0. The van der Waals surface area contributed by atoms with Crippen LogP contribution in [0, 0.1) is 5.92 Å². The molecule has 0 saturated carbocycles. The maximum absolute atomic E-state index is 14.5. The van der Waals surface area contributed by atoms with Crippen LogP contribution >= 0.6 is 0 Å². The number of hydrogen-bond acceptors (Lipinski definition) is 5. The first-order valence-electron chi connectivity index (χ1n) is 12.1. The van der Waals surface area contributed by atoms with E-state index in [1.54, 1.807) is 18.5 Å². The van der Waals surface area contributed by atoms with Crippen LogP contribution in [0.3, 0.4) is 0 Å². The van der Waals surface area contributed by atoms with Crippen LogP contribution in [0.1, 0.15) is 32.1 Å². The van der Waals surface area contributed by atoms with Gasteiger partial charge in [-0.15, -0.1) is 0 Å². The van der Waals surface area contributed by atoms with Gasteiger partial charge in [-0.2, -0.15) is 5.10 Å². The highest BCUT2D eigenvalue weighted by molar-refractivity contribution is 5.86. The van der Waals surface area contributed by atoms with Crippen molar-refractivity contribution in [1.82, 2.24) is 25.4 Å². The normalized spacial score (nSPS) is 23.1. The molecule has 1 fully saturated rings. The van der Waals surface area contributed by atoms with Gasteiger partial charge in [0.05, 0.1) is 17.0 Å². The van der Waals surface area contributed by atoms with Crippen molar-refractivity contribution in [2.45, 2.75) is 44.2 Å². The average molecular weight is 477 g/mol. The fraction of sp³-hybridized carbons (Fsp3) is 0.385. The molecule has 0 radical (unpaired) electrons. The summed E-state index contributed by atoms with van der Waals surface area (Å²) < 4.78 is 14.5. The number of halogens is 1. The minimum atomic E-state index is -0.822. The number of rotatable bonds is 6. The van der Waals surface area contributed by atoms with Gasteiger partial charge in [-0.1, -0.05) is 18.2 Å². The van der Waals surface area contributed by atoms with Gasteiger partial charge < -0.3 is 11.1 Å². The number of carbonyl (C=O) groups is 2. The smallest absolute Gasteiger partial charge is 0.239 e. The Kier molecular flexibility index (Phi) is 6.59. The van der Waals surface area contributed by atoms with Gasteiger partial charge in [-0.25, -0.2) is 4.39 Å². The van der Waals surface area contributed by atoms with Crippen LogP contribution in [-0.4, -0.2) is 57.1 Å². The van der Waals surface area contributed by atoms with Crippen LogP contribution in [0.2, 0.25) is 0 Å². The van der Waals surface area contributed by atoms with Crippen molar-refractivity contribution in [3.8, 4) is 11.3 Å². The first kappa shape index (κ1) is 23.2. The van der Waals surface area contributed by atoms with E-state index in [0.29, 0.717) is 37.9 Å². The minimum Gasteiger partial charge on any atom is -0.368 e. The van der Waals surface area contributed by atoms with Crippen molar-refractivity contribution < 1.29 is 14.0 Å². The summed E-state index contributed by atoms with van der Waals surface area (Å²) >= 11 is 0. The van der Waals surface area contributed by atoms with E-state index in [0.717, 1.165) is 34.7 Å². The molecule has 3 unspecified atom stereocenters. The Morgan fingerprint density at radius 2 is 2.00 bits per heavy atom. The number of piperidine rings is 1. The van der Waals surface area contributed by atoms with Gasteiger partial charge in [0.25, 0.3) is 0 Å². The highest BCUT2D eigenvalue weighted by Crippen LogP contribution is 2.28. The van der Waals surface area contributed by atoms with E-state index in [-0.39, 0.29) is 23.7 Å². The zero-order valence-corrected chi connectivity index (χ0v) is 19.4. The maximum Gasteiger partial charge on any atom is 0.239 e. The third kappa shape index (κ3) is 4.81. The van der Waals surface area contributed by atoms with Crippen LogP contribution in [0.4, 0.5) is 4.39 Å². The third-order valence-corrected chi connectivity index (χ3v) is 6.93. The van der Waals surface area contributed by atoms with Crippen LogP contribution in [0.5, 0.6) is 0 Å². The predicted molar refractivity (Wildman–Crippen MR) is 130 cm³/mol. The fourth-order valence-electron chi connectivity index (χ4n) is 5.22. The summed E-state index contributed by atoms with van der Waals surface area (Å²) in [5.41, 5.74) is 7.77. The Hall–Kier alpha value is -3.59. The maximum atomic E-state index is 14.5. The highest BCUT2D eigenvalue weighted by atomic mass is 19.1. The van der Waals surface area contributed by atoms with Gasteiger partial charge in [-0.05, 0) is 56.9 Å². The molecular weight excluding hydrogens is 447 g/mol.